The number of benzene rings is 1. The van der Waals surface area contributed by atoms with Gasteiger partial charge in [0.15, 0.2) is 0 Å². The van der Waals surface area contributed by atoms with Crippen LogP contribution in [0.3, 0.4) is 0 Å². The summed E-state index contributed by atoms with van der Waals surface area (Å²) < 4.78 is 5.59. The zero-order valence-corrected chi connectivity index (χ0v) is 13.5. The molecule has 0 spiro atoms. The third-order valence-electron chi connectivity index (χ3n) is 2.90. The molecule has 0 aliphatic carbocycles. The Kier molecular flexibility index (Phi) is 4.47. The first-order chi connectivity index (χ1) is 10.6. The van der Waals surface area contributed by atoms with Gasteiger partial charge in [0.1, 0.15) is 12.4 Å². The first-order valence-corrected chi connectivity index (χ1v) is 7.96. The molecular formula is C15H10Cl2N2O2S. The van der Waals surface area contributed by atoms with Gasteiger partial charge < -0.3 is 4.74 Å². The Morgan fingerprint density at radius 1 is 1.41 bits per heavy atom. The molecule has 0 fully saturated rings. The van der Waals surface area contributed by atoms with Crippen molar-refractivity contribution in [3.05, 3.63) is 55.7 Å². The number of thiophene rings is 1. The van der Waals surface area contributed by atoms with Gasteiger partial charge in [0.25, 0.3) is 5.91 Å². The highest BCUT2D eigenvalue weighted by Gasteiger charge is 2.15. The van der Waals surface area contributed by atoms with Crippen molar-refractivity contribution in [2.24, 2.45) is 5.10 Å². The molecule has 1 aromatic heterocycles. The van der Waals surface area contributed by atoms with Crippen molar-refractivity contribution in [2.75, 3.05) is 6.61 Å². The van der Waals surface area contributed by atoms with E-state index < -0.39 is 0 Å². The number of fused-ring (bicyclic) bond motifs is 1. The fourth-order valence-corrected chi connectivity index (χ4v) is 3.13. The highest BCUT2D eigenvalue weighted by atomic mass is 35.5. The van der Waals surface area contributed by atoms with Crippen LogP contribution in [0.5, 0.6) is 5.75 Å². The van der Waals surface area contributed by atoms with Crippen molar-refractivity contribution >= 4 is 52.7 Å². The summed E-state index contributed by atoms with van der Waals surface area (Å²) in [6.07, 6.45) is 3.42. The lowest BCUT2D eigenvalue weighted by Gasteiger charge is -2.17. The van der Waals surface area contributed by atoms with Crippen LogP contribution >= 0.6 is 34.5 Å². The molecule has 1 aliphatic rings. The fourth-order valence-electron chi connectivity index (χ4n) is 1.95. The summed E-state index contributed by atoms with van der Waals surface area (Å²) in [6, 6.07) is 6.94. The van der Waals surface area contributed by atoms with Crippen LogP contribution in [0.25, 0.3) is 6.08 Å². The van der Waals surface area contributed by atoms with Gasteiger partial charge in [0, 0.05) is 16.2 Å². The Labute approximate surface area is 141 Å². The standard InChI is InChI=1S/C15H10Cl2N2O2S/c16-11-5-10-4-9(8-21-14(10)12(17)6-11)7-18-19-15(20)13-2-1-3-22-13/h1-7H,8H2,(H,19,20)/b18-7+. The van der Waals surface area contributed by atoms with Gasteiger partial charge in [-0.05, 0) is 29.7 Å². The minimum absolute atomic E-state index is 0.241. The molecule has 22 heavy (non-hydrogen) atoms. The van der Waals surface area contributed by atoms with Gasteiger partial charge in [-0.25, -0.2) is 5.43 Å². The highest BCUT2D eigenvalue weighted by molar-refractivity contribution is 7.12. The minimum atomic E-state index is -0.241. The van der Waals surface area contributed by atoms with E-state index in [1.165, 1.54) is 11.3 Å². The van der Waals surface area contributed by atoms with Gasteiger partial charge in [0.2, 0.25) is 0 Å². The Bertz CT molecular complexity index is 770. The molecular weight excluding hydrogens is 343 g/mol. The molecule has 2 aromatic rings. The van der Waals surface area contributed by atoms with Crippen molar-refractivity contribution in [1.29, 1.82) is 0 Å². The van der Waals surface area contributed by atoms with Gasteiger partial charge in [-0.2, -0.15) is 5.10 Å². The largest absolute Gasteiger partial charge is 0.487 e. The molecule has 0 saturated heterocycles. The summed E-state index contributed by atoms with van der Waals surface area (Å²) in [5, 5.41) is 6.78. The lowest BCUT2D eigenvalue weighted by atomic mass is 10.1. The summed E-state index contributed by atoms with van der Waals surface area (Å²) in [5.74, 6) is 0.362. The average Bonchev–Trinajstić information content (AvgIpc) is 3.00. The summed E-state index contributed by atoms with van der Waals surface area (Å²) in [6.45, 7) is 0.326. The fraction of sp³-hybridized carbons (Fsp3) is 0.0667. The number of carbonyl (C=O) groups is 1. The number of nitrogens with zero attached hydrogens (tertiary/aromatic N) is 1. The molecule has 3 rings (SSSR count). The van der Waals surface area contributed by atoms with E-state index in [0.717, 1.165) is 11.1 Å². The maximum absolute atomic E-state index is 11.7. The number of amides is 1. The molecule has 0 saturated carbocycles. The van der Waals surface area contributed by atoms with E-state index in [0.29, 0.717) is 27.3 Å². The van der Waals surface area contributed by atoms with Crippen LogP contribution in [0.4, 0.5) is 0 Å². The van der Waals surface area contributed by atoms with E-state index in [9.17, 15) is 4.79 Å². The third-order valence-corrected chi connectivity index (χ3v) is 4.27. The normalized spacial score (nSPS) is 13.5. The van der Waals surface area contributed by atoms with Crippen molar-refractivity contribution in [1.82, 2.24) is 5.43 Å². The molecule has 0 unspecified atom stereocenters. The summed E-state index contributed by atoms with van der Waals surface area (Å²) in [4.78, 5) is 12.3. The molecule has 1 aliphatic heterocycles. The van der Waals surface area contributed by atoms with Crippen LogP contribution < -0.4 is 10.2 Å². The molecule has 4 nitrogen and oxygen atoms in total. The molecule has 1 N–H and O–H groups in total. The number of rotatable bonds is 3. The lowest BCUT2D eigenvalue weighted by Crippen LogP contribution is -2.17. The number of carbonyl (C=O) groups excluding carboxylic acids is 1. The van der Waals surface area contributed by atoms with Crippen molar-refractivity contribution in [2.45, 2.75) is 0 Å². The smallest absolute Gasteiger partial charge is 0.281 e. The van der Waals surface area contributed by atoms with Crippen LogP contribution in [0, 0.1) is 0 Å². The monoisotopic (exact) mass is 352 g/mol. The van der Waals surface area contributed by atoms with E-state index in [4.69, 9.17) is 27.9 Å². The SMILES string of the molecule is O=C(N/N=C/C1=Cc2cc(Cl)cc(Cl)c2OC1)c1cccs1. The predicted molar refractivity (Wildman–Crippen MR) is 90.2 cm³/mol. The minimum Gasteiger partial charge on any atom is -0.487 e. The van der Waals surface area contributed by atoms with E-state index >= 15 is 0 Å². The van der Waals surface area contributed by atoms with Crippen LogP contribution in [0.2, 0.25) is 10.0 Å². The summed E-state index contributed by atoms with van der Waals surface area (Å²) in [5.41, 5.74) is 4.06. The van der Waals surface area contributed by atoms with Crippen molar-refractivity contribution in [3.8, 4) is 5.75 Å². The average molecular weight is 353 g/mol. The van der Waals surface area contributed by atoms with Gasteiger partial charge in [-0.1, -0.05) is 29.3 Å². The molecule has 2 heterocycles. The topological polar surface area (TPSA) is 50.7 Å². The van der Waals surface area contributed by atoms with Gasteiger partial charge in [-0.3, -0.25) is 4.79 Å². The zero-order chi connectivity index (χ0) is 15.5. The zero-order valence-electron chi connectivity index (χ0n) is 11.2. The van der Waals surface area contributed by atoms with E-state index in [-0.39, 0.29) is 5.91 Å². The second kappa shape index (κ2) is 6.52. The second-order valence-corrected chi connectivity index (χ2v) is 6.28. The van der Waals surface area contributed by atoms with Gasteiger partial charge in [0.05, 0.1) is 16.1 Å². The van der Waals surface area contributed by atoms with Crippen molar-refractivity contribution in [3.63, 3.8) is 0 Å². The first kappa shape index (κ1) is 15.1. The van der Waals surface area contributed by atoms with Crippen LogP contribution in [0.15, 0.2) is 40.3 Å². The lowest BCUT2D eigenvalue weighted by molar-refractivity contribution is 0.0959. The van der Waals surface area contributed by atoms with Gasteiger partial charge in [-0.15, -0.1) is 11.3 Å². The molecule has 0 radical (unpaired) electrons. The number of hydrogen-bond donors (Lipinski definition) is 1. The van der Waals surface area contributed by atoms with Crippen LogP contribution in [-0.2, 0) is 0 Å². The highest BCUT2D eigenvalue weighted by Crippen LogP contribution is 2.36. The number of nitrogens with one attached hydrogen (secondary N) is 1. The molecule has 1 amide bonds. The molecule has 7 heteroatoms. The molecule has 112 valence electrons. The number of halogens is 2. The van der Waals surface area contributed by atoms with Gasteiger partial charge >= 0.3 is 0 Å². The number of hydrazone groups is 1. The number of ether oxygens (including phenoxy) is 1. The second-order valence-electron chi connectivity index (χ2n) is 4.49. The Hall–Kier alpha value is -1.82. The van der Waals surface area contributed by atoms with E-state index in [1.54, 1.807) is 24.4 Å². The first-order valence-electron chi connectivity index (χ1n) is 6.33. The number of hydrogen-bond acceptors (Lipinski definition) is 4. The van der Waals surface area contributed by atoms with Crippen LogP contribution in [0.1, 0.15) is 15.2 Å². The van der Waals surface area contributed by atoms with E-state index in [2.05, 4.69) is 10.5 Å². The Balaban J connectivity index is 1.72. The Morgan fingerprint density at radius 2 is 2.27 bits per heavy atom. The van der Waals surface area contributed by atoms with E-state index in [1.807, 2.05) is 17.5 Å². The maximum atomic E-state index is 11.7. The summed E-state index contributed by atoms with van der Waals surface area (Å²) in [7, 11) is 0. The summed E-state index contributed by atoms with van der Waals surface area (Å²) >= 11 is 13.4. The molecule has 1 aromatic carbocycles. The Morgan fingerprint density at radius 3 is 3.05 bits per heavy atom. The predicted octanol–water partition coefficient (Wildman–Crippen LogP) is 4.25. The molecule has 0 bridgehead atoms. The van der Waals surface area contributed by atoms with Crippen LogP contribution in [-0.4, -0.2) is 18.7 Å². The third kappa shape index (κ3) is 3.32. The maximum Gasteiger partial charge on any atom is 0.281 e. The quantitative estimate of drug-likeness (QED) is 0.663. The molecule has 0 atom stereocenters. The van der Waals surface area contributed by atoms with Crippen molar-refractivity contribution < 1.29 is 9.53 Å².